The number of fused-ring (bicyclic) bond motifs is 1. The Morgan fingerprint density at radius 2 is 1.96 bits per heavy atom. The normalized spacial score (nSPS) is 30.1. The van der Waals surface area contributed by atoms with Crippen molar-refractivity contribution in [3.8, 4) is 0 Å². The van der Waals surface area contributed by atoms with Crippen LogP contribution in [-0.4, -0.2) is 33.6 Å². The van der Waals surface area contributed by atoms with E-state index in [2.05, 4.69) is 5.10 Å². The van der Waals surface area contributed by atoms with E-state index in [1.165, 1.54) is 24.3 Å². The summed E-state index contributed by atoms with van der Waals surface area (Å²) in [5, 5.41) is 15.0. The second-order valence-electron chi connectivity index (χ2n) is 6.26. The summed E-state index contributed by atoms with van der Waals surface area (Å²) in [6.07, 6.45) is -3.63. The molecule has 1 aromatic rings. The summed E-state index contributed by atoms with van der Waals surface area (Å²) >= 11 is 5.74. The van der Waals surface area contributed by atoms with Gasteiger partial charge in [0.2, 0.25) is 0 Å². The highest BCUT2D eigenvalue weighted by atomic mass is 35.5. The van der Waals surface area contributed by atoms with Crippen molar-refractivity contribution in [2.24, 2.45) is 16.9 Å². The van der Waals surface area contributed by atoms with Crippen molar-refractivity contribution < 1.29 is 23.1 Å². The maximum atomic E-state index is 13.7. The predicted octanol–water partition coefficient (Wildman–Crippen LogP) is 3.84. The SMILES string of the molecule is C[C@@H]1CCC[C@@H]2C1=NN(C(=O)c1ccc(Cl)cc1)[C@]2(O)C(F)(F)F. The molecule has 0 saturated heterocycles. The lowest BCUT2D eigenvalue weighted by Crippen LogP contribution is -2.61. The Morgan fingerprint density at radius 1 is 1.33 bits per heavy atom. The zero-order chi connectivity index (χ0) is 17.7. The van der Waals surface area contributed by atoms with Crippen molar-refractivity contribution in [3.63, 3.8) is 0 Å². The number of aliphatic hydroxyl groups is 1. The minimum absolute atomic E-state index is 0.0160. The van der Waals surface area contributed by atoms with E-state index >= 15 is 0 Å². The minimum Gasteiger partial charge on any atom is -0.362 e. The smallest absolute Gasteiger partial charge is 0.362 e. The largest absolute Gasteiger partial charge is 0.439 e. The summed E-state index contributed by atoms with van der Waals surface area (Å²) in [5.41, 5.74) is -3.09. The fourth-order valence-corrected chi connectivity index (χ4v) is 3.54. The molecule has 24 heavy (non-hydrogen) atoms. The molecule has 1 fully saturated rings. The molecule has 1 aliphatic carbocycles. The van der Waals surface area contributed by atoms with Gasteiger partial charge in [0.05, 0.1) is 5.92 Å². The lowest BCUT2D eigenvalue weighted by molar-refractivity contribution is -0.312. The lowest BCUT2D eigenvalue weighted by atomic mass is 9.75. The molecule has 8 heteroatoms. The summed E-state index contributed by atoms with van der Waals surface area (Å²) < 4.78 is 41.1. The molecule has 3 rings (SSSR count). The van der Waals surface area contributed by atoms with Crippen LogP contribution in [0.3, 0.4) is 0 Å². The Morgan fingerprint density at radius 3 is 2.54 bits per heavy atom. The van der Waals surface area contributed by atoms with Gasteiger partial charge in [-0.3, -0.25) is 4.79 Å². The van der Waals surface area contributed by atoms with Crippen LogP contribution in [0.1, 0.15) is 36.5 Å². The van der Waals surface area contributed by atoms with Gasteiger partial charge in [-0.2, -0.15) is 23.3 Å². The van der Waals surface area contributed by atoms with Gasteiger partial charge in [0, 0.05) is 16.3 Å². The fraction of sp³-hybridized carbons (Fsp3) is 0.500. The zero-order valence-electron chi connectivity index (χ0n) is 12.8. The number of hydrogen-bond donors (Lipinski definition) is 1. The Kier molecular flexibility index (Phi) is 4.12. The number of rotatable bonds is 1. The molecule has 0 radical (unpaired) electrons. The second kappa shape index (κ2) is 5.74. The van der Waals surface area contributed by atoms with Gasteiger partial charge in [-0.15, -0.1) is 0 Å². The van der Waals surface area contributed by atoms with Crippen LogP contribution in [-0.2, 0) is 0 Å². The number of carbonyl (C=O) groups is 1. The number of hydrazone groups is 1. The van der Waals surface area contributed by atoms with Gasteiger partial charge >= 0.3 is 6.18 Å². The Balaban J connectivity index is 2.06. The van der Waals surface area contributed by atoms with Crippen molar-refractivity contribution >= 4 is 23.2 Å². The van der Waals surface area contributed by atoms with Crippen molar-refractivity contribution in [3.05, 3.63) is 34.9 Å². The molecule has 0 unspecified atom stereocenters. The standard InChI is InChI=1S/C16H16ClF3N2O2/c1-9-3-2-4-12-13(9)21-22(15(12,24)16(18,19)20)14(23)10-5-7-11(17)8-6-10/h5-9,12,24H,2-4H2,1H3/t9-,12-,15-/m1/s1. The van der Waals surface area contributed by atoms with Crippen molar-refractivity contribution in [2.45, 2.75) is 38.1 Å². The number of carbonyl (C=O) groups excluding carboxylic acids is 1. The average molecular weight is 361 g/mol. The van der Waals surface area contributed by atoms with Gasteiger partial charge in [0.1, 0.15) is 0 Å². The molecular formula is C16H16ClF3N2O2. The van der Waals surface area contributed by atoms with Crippen LogP contribution in [0.5, 0.6) is 0 Å². The summed E-state index contributed by atoms with van der Waals surface area (Å²) in [5.74, 6) is -2.43. The van der Waals surface area contributed by atoms with E-state index in [-0.39, 0.29) is 28.6 Å². The van der Waals surface area contributed by atoms with E-state index in [1.54, 1.807) is 6.92 Å². The summed E-state index contributed by atoms with van der Waals surface area (Å²) in [7, 11) is 0. The van der Waals surface area contributed by atoms with Crippen LogP contribution in [0, 0.1) is 11.8 Å². The first-order chi connectivity index (χ1) is 11.2. The van der Waals surface area contributed by atoms with Crippen LogP contribution in [0.15, 0.2) is 29.4 Å². The molecule has 1 N–H and O–H groups in total. The van der Waals surface area contributed by atoms with Gasteiger partial charge in [-0.25, -0.2) is 0 Å². The Labute approximate surface area is 141 Å². The van der Waals surface area contributed by atoms with Gasteiger partial charge in [0.25, 0.3) is 11.6 Å². The van der Waals surface area contributed by atoms with Gasteiger partial charge < -0.3 is 5.11 Å². The average Bonchev–Trinajstić information content (AvgIpc) is 2.83. The third kappa shape index (κ3) is 2.50. The van der Waals surface area contributed by atoms with Gasteiger partial charge in [-0.05, 0) is 43.0 Å². The van der Waals surface area contributed by atoms with E-state index in [0.717, 1.165) is 0 Å². The number of hydrogen-bond acceptors (Lipinski definition) is 3. The third-order valence-electron chi connectivity index (χ3n) is 4.72. The molecule has 4 nitrogen and oxygen atoms in total. The van der Waals surface area contributed by atoms with Crippen molar-refractivity contribution in [2.75, 3.05) is 0 Å². The fourth-order valence-electron chi connectivity index (χ4n) is 3.42. The van der Waals surface area contributed by atoms with Crippen molar-refractivity contribution in [1.29, 1.82) is 0 Å². The van der Waals surface area contributed by atoms with Crippen LogP contribution in [0.2, 0.25) is 5.02 Å². The number of benzene rings is 1. The molecule has 1 saturated carbocycles. The molecule has 1 aliphatic heterocycles. The molecule has 130 valence electrons. The van der Waals surface area contributed by atoms with Gasteiger partial charge in [-0.1, -0.05) is 24.9 Å². The van der Waals surface area contributed by atoms with E-state index < -0.39 is 23.7 Å². The first kappa shape index (κ1) is 17.2. The quantitative estimate of drug-likeness (QED) is 0.827. The van der Waals surface area contributed by atoms with Crippen molar-refractivity contribution in [1.82, 2.24) is 5.01 Å². The Bertz CT molecular complexity index is 690. The molecule has 1 amide bonds. The highest BCUT2D eigenvalue weighted by molar-refractivity contribution is 6.30. The molecule has 1 heterocycles. The lowest BCUT2D eigenvalue weighted by Gasteiger charge is -2.39. The molecule has 0 spiro atoms. The van der Waals surface area contributed by atoms with Crippen LogP contribution in [0.4, 0.5) is 13.2 Å². The second-order valence-corrected chi connectivity index (χ2v) is 6.69. The first-order valence-corrected chi connectivity index (χ1v) is 8.01. The number of alkyl halides is 3. The van der Waals surface area contributed by atoms with Crippen LogP contribution >= 0.6 is 11.6 Å². The maximum Gasteiger partial charge on any atom is 0.439 e. The number of nitrogens with zero attached hydrogens (tertiary/aromatic N) is 2. The van der Waals surface area contributed by atoms with Gasteiger partial charge in [0.15, 0.2) is 0 Å². The molecule has 0 bridgehead atoms. The third-order valence-corrected chi connectivity index (χ3v) is 4.97. The minimum atomic E-state index is -5.01. The summed E-state index contributed by atoms with van der Waals surface area (Å²) in [6.45, 7) is 1.76. The zero-order valence-corrected chi connectivity index (χ0v) is 13.6. The molecule has 3 atom stereocenters. The van der Waals surface area contributed by atoms with E-state index in [1.807, 2.05) is 0 Å². The summed E-state index contributed by atoms with van der Waals surface area (Å²) in [6, 6.07) is 5.43. The first-order valence-electron chi connectivity index (χ1n) is 7.64. The van der Waals surface area contributed by atoms with Crippen LogP contribution < -0.4 is 0 Å². The van der Waals surface area contributed by atoms with Crippen LogP contribution in [0.25, 0.3) is 0 Å². The van der Waals surface area contributed by atoms with E-state index in [0.29, 0.717) is 17.9 Å². The topological polar surface area (TPSA) is 52.9 Å². The molecule has 0 aromatic heterocycles. The monoisotopic (exact) mass is 360 g/mol. The van der Waals surface area contributed by atoms with E-state index in [4.69, 9.17) is 11.6 Å². The number of halogens is 4. The highest BCUT2D eigenvalue weighted by Crippen LogP contribution is 2.49. The molecule has 1 aromatic carbocycles. The molecular weight excluding hydrogens is 345 g/mol. The summed E-state index contributed by atoms with van der Waals surface area (Å²) in [4.78, 5) is 12.6. The predicted molar refractivity (Wildman–Crippen MR) is 82.6 cm³/mol. The number of amides is 1. The Hall–Kier alpha value is -1.60. The maximum absolute atomic E-state index is 13.7. The highest BCUT2D eigenvalue weighted by Gasteiger charge is 2.69. The van der Waals surface area contributed by atoms with E-state index in [9.17, 15) is 23.1 Å². The molecule has 2 aliphatic rings.